The van der Waals surface area contributed by atoms with E-state index in [0.29, 0.717) is 11.8 Å². The van der Waals surface area contributed by atoms with E-state index in [1.165, 1.54) is 122 Å². The fourth-order valence-electron chi connectivity index (χ4n) is 16.4. The maximum atomic E-state index is 2.59. The van der Waals surface area contributed by atoms with Crippen LogP contribution in [-0.4, -0.2) is 0 Å². The van der Waals surface area contributed by atoms with Gasteiger partial charge in [0.2, 0.25) is 0 Å². The highest BCUT2D eigenvalue weighted by Gasteiger charge is 2.65. The zero-order chi connectivity index (χ0) is 50.8. The second-order valence-electron chi connectivity index (χ2n) is 26.6. The normalized spacial score (nSPS) is 22.7. The van der Waals surface area contributed by atoms with Crippen molar-refractivity contribution in [2.75, 3.05) is 9.80 Å². The minimum absolute atomic E-state index is 0.0387. The monoisotopic (exact) mass is 965 g/mol. The number of fused-ring (bicyclic) bond motifs is 11. The van der Waals surface area contributed by atoms with Crippen molar-refractivity contribution in [2.45, 2.75) is 128 Å². The van der Waals surface area contributed by atoms with Gasteiger partial charge in [0, 0.05) is 50.4 Å². The van der Waals surface area contributed by atoms with Gasteiger partial charge in [-0.25, -0.2) is 0 Å². The first-order chi connectivity index (χ1) is 35.4. The van der Waals surface area contributed by atoms with Crippen LogP contribution in [0.4, 0.5) is 34.1 Å². The Hall–Kier alpha value is -6.64. The van der Waals surface area contributed by atoms with E-state index in [4.69, 9.17) is 0 Å². The highest BCUT2D eigenvalue weighted by Crippen LogP contribution is 2.74. The smallest absolute Gasteiger partial charge is 0.0465 e. The fourth-order valence-corrected chi connectivity index (χ4v) is 16.4. The second kappa shape index (κ2) is 15.7. The molecule has 2 heteroatoms. The third kappa shape index (κ3) is 6.42. The zero-order valence-electron chi connectivity index (χ0n) is 45.4. The van der Waals surface area contributed by atoms with Crippen LogP contribution >= 0.6 is 0 Å². The zero-order valence-corrected chi connectivity index (χ0v) is 45.4. The Kier molecular flexibility index (Phi) is 9.75. The molecule has 4 bridgehead atoms. The number of hydrogen-bond donors (Lipinski definition) is 0. The molecule has 4 fully saturated rings. The first kappa shape index (κ1) is 45.9. The number of benzene rings is 8. The largest absolute Gasteiger partial charge is 0.310 e. The van der Waals surface area contributed by atoms with Gasteiger partial charge in [0.05, 0.1) is 0 Å². The lowest BCUT2D eigenvalue weighted by atomic mass is 9.42. The fraction of sp³-hybridized carbons (Fsp3) is 0.333. The van der Waals surface area contributed by atoms with Gasteiger partial charge < -0.3 is 9.80 Å². The summed E-state index contributed by atoms with van der Waals surface area (Å²) in [6.07, 6.45) is 6.85. The molecule has 2 nitrogen and oxygen atoms in total. The highest BCUT2D eigenvalue weighted by molar-refractivity contribution is 5.99. The molecule has 74 heavy (non-hydrogen) atoms. The van der Waals surface area contributed by atoms with Crippen LogP contribution in [0.2, 0.25) is 0 Å². The van der Waals surface area contributed by atoms with Crippen molar-refractivity contribution in [1.82, 2.24) is 0 Å². The van der Waals surface area contributed by atoms with Gasteiger partial charge in [-0.05, 0) is 217 Å². The summed E-state index contributed by atoms with van der Waals surface area (Å²) in [6.45, 7) is 24.0. The second-order valence-corrected chi connectivity index (χ2v) is 26.6. The van der Waals surface area contributed by atoms with Crippen LogP contribution in [0.15, 0.2) is 170 Å². The van der Waals surface area contributed by atoms with Gasteiger partial charge >= 0.3 is 0 Å². The van der Waals surface area contributed by atoms with Crippen molar-refractivity contribution in [1.29, 1.82) is 0 Å². The molecule has 0 unspecified atom stereocenters. The topological polar surface area (TPSA) is 6.48 Å². The van der Waals surface area contributed by atoms with Crippen LogP contribution < -0.4 is 9.80 Å². The highest BCUT2D eigenvalue weighted by atomic mass is 15.1. The van der Waals surface area contributed by atoms with Crippen LogP contribution in [0.25, 0.3) is 33.4 Å². The molecule has 7 aliphatic rings. The van der Waals surface area contributed by atoms with Crippen LogP contribution in [0.3, 0.4) is 0 Å². The lowest BCUT2D eigenvalue weighted by Crippen LogP contribution is -2.56. The molecular weight excluding hydrogens is 893 g/mol. The van der Waals surface area contributed by atoms with E-state index in [0.717, 1.165) is 11.8 Å². The Morgan fingerprint density at radius 2 is 0.743 bits per heavy atom. The molecule has 0 amide bonds. The summed E-state index contributed by atoms with van der Waals surface area (Å²) in [6, 6.07) is 65.8. The lowest BCUT2D eigenvalue weighted by Gasteiger charge is -2.62. The molecule has 4 saturated carbocycles. The SMILES string of the molecule is CC(C)(C)c1ccc(N(c2ccccc2)c2ccc3c(c2)C(C)(C)c2ccc4c(c2-3)C2(c3c-4ccc4c3C(C)(C)c3cc(N(c5ccccc5)c5ccc(C(C)(C)C)cc5)ccc3-4)C3CC4CC(C3)CC2C4)cc1. The minimum atomic E-state index is -0.213. The summed E-state index contributed by atoms with van der Waals surface area (Å²) < 4.78 is 0. The molecule has 8 aromatic rings. The van der Waals surface area contributed by atoms with Gasteiger partial charge in [-0.15, -0.1) is 0 Å². The summed E-state index contributed by atoms with van der Waals surface area (Å²) in [5, 5.41) is 0. The van der Waals surface area contributed by atoms with Crippen LogP contribution in [-0.2, 0) is 27.1 Å². The van der Waals surface area contributed by atoms with E-state index in [2.05, 4.69) is 249 Å². The molecule has 370 valence electrons. The van der Waals surface area contributed by atoms with Gasteiger partial charge in [0.15, 0.2) is 0 Å². The van der Waals surface area contributed by atoms with E-state index in [9.17, 15) is 0 Å². The van der Waals surface area contributed by atoms with Crippen molar-refractivity contribution in [3.8, 4) is 33.4 Å². The molecule has 0 heterocycles. The average Bonchev–Trinajstić information content (AvgIpc) is 4.07. The van der Waals surface area contributed by atoms with E-state index >= 15 is 0 Å². The standard InChI is InChI=1S/C72H72N2/c1-68(2,3)46-21-25-52(26-22-46)73(50-17-13-11-14-18-50)54-29-31-56-57-33-34-59-58-35-36-61-64(65(58)72(67(59)66(57)71(9,10)62(56)42-54)48-38-44-37-45(40-48)41-49(72)39-44)60-32-30-55(43-63(60)70(61,7)8)74(51-19-15-12-16-20-51)53-27-23-47(24-28-53)69(4,5)6/h11-36,42-45,48-49H,37-41H2,1-10H3. The third-order valence-corrected chi connectivity index (χ3v) is 19.7. The molecule has 8 aromatic carbocycles. The molecule has 7 aliphatic carbocycles. The van der Waals surface area contributed by atoms with Gasteiger partial charge in [-0.2, -0.15) is 0 Å². The molecule has 15 rings (SSSR count). The number of anilines is 6. The Morgan fingerprint density at radius 1 is 0.351 bits per heavy atom. The maximum absolute atomic E-state index is 2.59. The molecule has 0 atom stereocenters. The summed E-state index contributed by atoms with van der Waals surface area (Å²) in [5.41, 5.74) is 27.9. The summed E-state index contributed by atoms with van der Waals surface area (Å²) >= 11 is 0. The van der Waals surface area contributed by atoms with E-state index in [-0.39, 0.29) is 27.1 Å². The van der Waals surface area contributed by atoms with Crippen molar-refractivity contribution >= 4 is 34.1 Å². The first-order valence-electron chi connectivity index (χ1n) is 28.0. The number of nitrogens with zero attached hydrogens (tertiary/aromatic N) is 2. The molecule has 0 saturated heterocycles. The van der Waals surface area contributed by atoms with Gasteiger partial charge in [-0.3, -0.25) is 0 Å². The average molecular weight is 965 g/mol. The van der Waals surface area contributed by atoms with Crippen molar-refractivity contribution in [2.24, 2.45) is 23.7 Å². The lowest BCUT2D eigenvalue weighted by molar-refractivity contribution is -0.0402. The Morgan fingerprint density at radius 3 is 1.23 bits per heavy atom. The van der Waals surface area contributed by atoms with Gasteiger partial charge in [0.1, 0.15) is 0 Å². The van der Waals surface area contributed by atoms with E-state index in [1.807, 2.05) is 0 Å². The quantitative estimate of drug-likeness (QED) is 0.164. The Balaban J connectivity index is 0.940. The van der Waals surface area contributed by atoms with Crippen molar-refractivity contribution < 1.29 is 0 Å². The van der Waals surface area contributed by atoms with E-state index < -0.39 is 0 Å². The van der Waals surface area contributed by atoms with Crippen molar-refractivity contribution in [3.05, 3.63) is 214 Å². The molecule has 0 aliphatic heterocycles. The minimum Gasteiger partial charge on any atom is -0.310 e. The number of hydrogen-bond acceptors (Lipinski definition) is 2. The summed E-state index contributed by atoms with van der Waals surface area (Å²) in [4.78, 5) is 4.95. The predicted molar refractivity (Wildman–Crippen MR) is 312 cm³/mol. The van der Waals surface area contributed by atoms with Crippen LogP contribution in [0.5, 0.6) is 0 Å². The molecule has 0 aromatic heterocycles. The molecule has 1 spiro atoms. The predicted octanol–water partition coefficient (Wildman–Crippen LogP) is 19.6. The maximum Gasteiger partial charge on any atom is 0.0465 e. The Bertz CT molecular complexity index is 3530. The molecule has 0 N–H and O–H groups in total. The molecule has 0 radical (unpaired) electrons. The van der Waals surface area contributed by atoms with Gasteiger partial charge in [-0.1, -0.05) is 166 Å². The van der Waals surface area contributed by atoms with E-state index in [1.54, 1.807) is 22.3 Å². The molecular formula is C72H72N2. The third-order valence-electron chi connectivity index (χ3n) is 19.7. The van der Waals surface area contributed by atoms with Gasteiger partial charge in [0.25, 0.3) is 0 Å². The van der Waals surface area contributed by atoms with Crippen molar-refractivity contribution in [3.63, 3.8) is 0 Å². The van der Waals surface area contributed by atoms with Crippen LogP contribution in [0.1, 0.15) is 146 Å². The van der Waals surface area contributed by atoms with Crippen LogP contribution in [0, 0.1) is 23.7 Å². The summed E-state index contributed by atoms with van der Waals surface area (Å²) in [7, 11) is 0. The first-order valence-corrected chi connectivity index (χ1v) is 28.0. The Labute approximate surface area is 441 Å². The number of rotatable bonds is 6. The number of para-hydroxylation sites is 2. The summed E-state index contributed by atoms with van der Waals surface area (Å²) in [5.74, 6) is 2.97.